The van der Waals surface area contributed by atoms with Crippen molar-refractivity contribution < 1.29 is 38.2 Å². The number of ketones is 3. The second-order valence-corrected chi connectivity index (χ2v) is 10.9. The molecule has 5 atom stereocenters. The van der Waals surface area contributed by atoms with Gasteiger partial charge < -0.3 is 14.2 Å². The molecule has 0 aromatic carbocycles. The molecule has 4 aliphatic rings. The van der Waals surface area contributed by atoms with Crippen LogP contribution in [0.15, 0.2) is 47.6 Å². The first-order chi connectivity index (χ1) is 17.9. The molecule has 0 radical (unpaired) electrons. The van der Waals surface area contributed by atoms with Gasteiger partial charge in [0.25, 0.3) is 0 Å². The molecular formula is C29H35NO8. The van der Waals surface area contributed by atoms with Crippen molar-refractivity contribution in [3.8, 4) is 0 Å². The molecular weight excluding hydrogens is 490 g/mol. The molecule has 9 heteroatoms. The van der Waals surface area contributed by atoms with Gasteiger partial charge in [0.1, 0.15) is 18.0 Å². The van der Waals surface area contributed by atoms with Gasteiger partial charge in [0.2, 0.25) is 11.6 Å². The molecule has 204 valence electrons. The van der Waals surface area contributed by atoms with E-state index < -0.39 is 52.5 Å². The highest BCUT2D eigenvalue weighted by Crippen LogP contribution is 2.61. The van der Waals surface area contributed by atoms with Crippen molar-refractivity contribution in [1.82, 2.24) is 4.90 Å². The Morgan fingerprint density at radius 1 is 1.13 bits per heavy atom. The zero-order valence-electron chi connectivity index (χ0n) is 22.5. The molecule has 0 aromatic rings. The van der Waals surface area contributed by atoms with E-state index in [0.29, 0.717) is 25.1 Å². The molecule has 0 bridgehead atoms. The minimum Gasteiger partial charge on any atom is -0.458 e. The molecule has 3 aliphatic carbocycles. The Bertz CT molecular complexity index is 1180. The fourth-order valence-electron chi connectivity index (χ4n) is 6.94. The van der Waals surface area contributed by atoms with Gasteiger partial charge in [0, 0.05) is 69.0 Å². The molecule has 0 unspecified atom stereocenters. The number of fused-ring (bicyclic) bond motifs is 4. The van der Waals surface area contributed by atoms with Crippen LogP contribution >= 0.6 is 0 Å². The molecule has 0 amide bonds. The molecule has 0 aromatic heterocycles. The lowest BCUT2D eigenvalue weighted by atomic mass is 9.52. The number of allylic oxidation sites excluding steroid dienone is 1. The van der Waals surface area contributed by atoms with Crippen molar-refractivity contribution in [3.05, 3.63) is 47.6 Å². The van der Waals surface area contributed by atoms with Crippen LogP contribution in [-0.2, 0) is 38.2 Å². The minimum atomic E-state index is -1.30. The summed E-state index contributed by atoms with van der Waals surface area (Å²) in [6.07, 6.45) is 2.31. The van der Waals surface area contributed by atoms with Crippen LogP contribution in [-0.4, -0.2) is 79.7 Å². The zero-order chi connectivity index (χ0) is 28.0. The predicted molar refractivity (Wildman–Crippen MR) is 137 cm³/mol. The van der Waals surface area contributed by atoms with E-state index in [1.54, 1.807) is 26.0 Å². The highest BCUT2D eigenvalue weighted by atomic mass is 16.6. The number of rotatable bonds is 9. The van der Waals surface area contributed by atoms with Crippen molar-refractivity contribution in [3.63, 3.8) is 0 Å². The Morgan fingerprint density at radius 3 is 2.37 bits per heavy atom. The minimum absolute atomic E-state index is 0.0216. The van der Waals surface area contributed by atoms with E-state index in [-0.39, 0.29) is 48.5 Å². The summed E-state index contributed by atoms with van der Waals surface area (Å²) >= 11 is 0. The summed E-state index contributed by atoms with van der Waals surface area (Å²) in [7, 11) is 1.45. The number of Topliss-reactive ketones (excluding diaryl/α,β-unsaturated/α-hetero) is 3. The van der Waals surface area contributed by atoms with Gasteiger partial charge in [0.15, 0.2) is 0 Å². The van der Waals surface area contributed by atoms with Gasteiger partial charge in [-0.25, -0.2) is 4.79 Å². The third-order valence-corrected chi connectivity index (χ3v) is 8.62. The lowest BCUT2D eigenvalue weighted by Crippen LogP contribution is -2.59. The fraction of sp³-hybridized carbons (Fsp3) is 0.552. The van der Waals surface area contributed by atoms with Crippen LogP contribution < -0.4 is 0 Å². The smallest absolute Gasteiger partial charge is 0.336 e. The van der Waals surface area contributed by atoms with Gasteiger partial charge in [-0.05, 0) is 18.9 Å². The molecule has 1 fully saturated rings. The van der Waals surface area contributed by atoms with Gasteiger partial charge >= 0.3 is 11.9 Å². The molecule has 0 spiro atoms. The SMILES string of the molecule is C=CCN(CC=C)CC1=C2C(=O)C(=O)C3=C([C@H](OC(C)=O)C[C@]4(C)C(=O)CC[C@@H]34)[C@@]2(C)[C@@H](COC)OC1=O. The van der Waals surface area contributed by atoms with Crippen molar-refractivity contribution >= 4 is 29.3 Å². The van der Waals surface area contributed by atoms with Crippen molar-refractivity contribution in [2.24, 2.45) is 16.7 Å². The number of cyclic esters (lactones) is 1. The fourth-order valence-corrected chi connectivity index (χ4v) is 6.94. The van der Waals surface area contributed by atoms with Gasteiger partial charge in [-0.1, -0.05) is 19.1 Å². The van der Waals surface area contributed by atoms with Crippen LogP contribution in [0.1, 0.15) is 40.0 Å². The summed E-state index contributed by atoms with van der Waals surface area (Å²) < 4.78 is 17.1. The van der Waals surface area contributed by atoms with Gasteiger partial charge in [-0.2, -0.15) is 0 Å². The Hall–Kier alpha value is -3.17. The number of carbonyl (C=O) groups is 5. The zero-order valence-corrected chi connectivity index (χ0v) is 22.5. The van der Waals surface area contributed by atoms with Crippen LogP contribution in [0.4, 0.5) is 0 Å². The lowest BCUT2D eigenvalue weighted by molar-refractivity contribution is -0.162. The highest BCUT2D eigenvalue weighted by molar-refractivity contribution is 6.51. The molecule has 4 rings (SSSR count). The second kappa shape index (κ2) is 10.2. The third kappa shape index (κ3) is 4.12. The topological polar surface area (TPSA) is 116 Å². The lowest BCUT2D eigenvalue weighted by Gasteiger charge is -2.53. The van der Waals surface area contributed by atoms with E-state index >= 15 is 0 Å². The molecule has 9 nitrogen and oxygen atoms in total. The molecule has 0 N–H and O–H groups in total. The van der Waals surface area contributed by atoms with Gasteiger partial charge in [-0.3, -0.25) is 24.1 Å². The van der Waals surface area contributed by atoms with Crippen molar-refractivity contribution in [2.45, 2.75) is 52.2 Å². The van der Waals surface area contributed by atoms with Gasteiger partial charge in [0.05, 0.1) is 17.6 Å². The predicted octanol–water partition coefficient (Wildman–Crippen LogP) is 2.30. The summed E-state index contributed by atoms with van der Waals surface area (Å²) in [5.74, 6) is -3.34. The van der Waals surface area contributed by atoms with E-state index in [1.807, 2.05) is 4.90 Å². The maximum absolute atomic E-state index is 14.0. The average Bonchev–Trinajstić information content (AvgIpc) is 3.13. The largest absolute Gasteiger partial charge is 0.458 e. The first-order valence-electron chi connectivity index (χ1n) is 12.9. The molecule has 38 heavy (non-hydrogen) atoms. The summed E-state index contributed by atoms with van der Waals surface area (Å²) in [5.41, 5.74) is -1.47. The standard InChI is InChI=1S/C29H35NO8/c1-7-11-30(12-8-2)14-17-23-26(34)25(33)22-18-9-10-20(32)28(18,4)13-19(37-16(3)31)24(22)29(23,5)21(15-36-6)38-27(17)35/h7-8,18-19,21H,1-2,9-15H2,3-6H3/t18-,19+,21+,28-,29-/m0/s1. The molecule has 0 saturated heterocycles. The summed E-state index contributed by atoms with van der Waals surface area (Å²) in [6.45, 7) is 13.1. The van der Waals surface area contributed by atoms with Gasteiger partial charge in [-0.15, -0.1) is 13.2 Å². The van der Waals surface area contributed by atoms with E-state index in [0.717, 1.165) is 0 Å². The Labute approximate surface area is 222 Å². The van der Waals surface area contributed by atoms with Crippen molar-refractivity contribution in [2.75, 3.05) is 33.4 Å². The van der Waals surface area contributed by atoms with Crippen LogP contribution in [0.2, 0.25) is 0 Å². The first-order valence-corrected chi connectivity index (χ1v) is 12.9. The number of nitrogens with zero attached hydrogens (tertiary/aromatic N) is 1. The van der Waals surface area contributed by atoms with Crippen LogP contribution in [0.3, 0.4) is 0 Å². The van der Waals surface area contributed by atoms with E-state index in [2.05, 4.69) is 13.2 Å². The first kappa shape index (κ1) is 27.9. The highest BCUT2D eigenvalue weighted by Gasteiger charge is 2.65. The second-order valence-electron chi connectivity index (χ2n) is 10.9. The Kier molecular flexibility index (Phi) is 7.47. The third-order valence-electron chi connectivity index (χ3n) is 8.62. The average molecular weight is 526 g/mol. The summed E-state index contributed by atoms with van der Waals surface area (Å²) in [4.78, 5) is 68.4. The normalized spacial score (nSPS) is 32.6. The molecule has 1 heterocycles. The molecule has 1 aliphatic heterocycles. The number of methoxy groups -OCH3 is 1. The Balaban J connectivity index is 2.03. The summed E-state index contributed by atoms with van der Waals surface area (Å²) in [6, 6.07) is 0. The quantitative estimate of drug-likeness (QED) is 0.254. The monoisotopic (exact) mass is 525 g/mol. The number of hydrogen-bond acceptors (Lipinski definition) is 9. The maximum atomic E-state index is 14.0. The number of carbonyl (C=O) groups excluding carboxylic acids is 5. The number of hydrogen-bond donors (Lipinski definition) is 0. The maximum Gasteiger partial charge on any atom is 0.336 e. The number of ether oxygens (including phenoxy) is 3. The van der Waals surface area contributed by atoms with E-state index in [4.69, 9.17) is 14.2 Å². The van der Waals surface area contributed by atoms with E-state index in [9.17, 15) is 24.0 Å². The van der Waals surface area contributed by atoms with Crippen molar-refractivity contribution in [1.29, 1.82) is 0 Å². The Morgan fingerprint density at radius 2 is 1.79 bits per heavy atom. The number of esters is 2. The van der Waals surface area contributed by atoms with Crippen LogP contribution in [0, 0.1) is 16.7 Å². The molecule has 1 saturated carbocycles. The summed E-state index contributed by atoms with van der Waals surface area (Å²) in [5, 5.41) is 0. The van der Waals surface area contributed by atoms with Crippen LogP contribution in [0.5, 0.6) is 0 Å². The van der Waals surface area contributed by atoms with E-state index in [1.165, 1.54) is 14.0 Å². The van der Waals surface area contributed by atoms with Crippen LogP contribution in [0.25, 0.3) is 0 Å².